The molecule has 0 aliphatic carbocycles. The maximum atomic E-state index is 12.0. The van der Waals surface area contributed by atoms with Gasteiger partial charge in [0.15, 0.2) is 0 Å². The number of alkyl halides is 2. The lowest BCUT2D eigenvalue weighted by molar-refractivity contribution is -0.138. The third-order valence-electron chi connectivity index (χ3n) is 2.49. The topological polar surface area (TPSA) is 58.6 Å². The Kier molecular flexibility index (Phi) is 4.03. The standard InChI is InChI=1S/C11H11F2NO3S/c12-11(13)17-7-3-1-6(2-4-7)9-14-8(5-18-9)10(15)16/h1-4,8-9,11,14H,5H2,(H,15,16)/t8-,9+/m1/s1. The number of aliphatic carboxylic acids is 1. The van der Waals surface area contributed by atoms with Gasteiger partial charge in [-0.3, -0.25) is 10.1 Å². The highest BCUT2D eigenvalue weighted by atomic mass is 32.2. The fourth-order valence-electron chi connectivity index (χ4n) is 1.63. The summed E-state index contributed by atoms with van der Waals surface area (Å²) in [5.41, 5.74) is 0.838. The predicted octanol–water partition coefficient (Wildman–Crippen LogP) is 2.08. The van der Waals surface area contributed by atoms with E-state index in [2.05, 4.69) is 10.1 Å². The molecule has 2 rings (SSSR count). The quantitative estimate of drug-likeness (QED) is 0.881. The average Bonchev–Trinajstić information content (AvgIpc) is 2.78. The van der Waals surface area contributed by atoms with Gasteiger partial charge in [-0.05, 0) is 17.7 Å². The third kappa shape index (κ3) is 3.11. The normalized spacial score (nSPS) is 23.3. The Hall–Kier alpha value is -1.34. The minimum Gasteiger partial charge on any atom is -0.480 e. The van der Waals surface area contributed by atoms with E-state index in [1.54, 1.807) is 12.1 Å². The van der Waals surface area contributed by atoms with Gasteiger partial charge in [0.2, 0.25) is 0 Å². The lowest BCUT2D eigenvalue weighted by atomic mass is 10.2. The van der Waals surface area contributed by atoms with Gasteiger partial charge in [0.1, 0.15) is 11.8 Å². The van der Waals surface area contributed by atoms with Crippen LogP contribution in [0.3, 0.4) is 0 Å². The number of thioether (sulfide) groups is 1. The molecule has 0 amide bonds. The second-order valence-electron chi connectivity index (χ2n) is 3.72. The molecule has 7 heteroatoms. The first-order valence-electron chi connectivity index (χ1n) is 5.21. The maximum absolute atomic E-state index is 12.0. The number of nitrogens with one attached hydrogen (secondary N) is 1. The first-order chi connectivity index (χ1) is 8.56. The van der Waals surface area contributed by atoms with Crippen molar-refractivity contribution in [3.8, 4) is 5.75 Å². The lowest BCUT2D eigenvalue weighted by Crippen LogP contribution is -2.33. The van der Waals surface area contributed by atoms with E-state index in [0.29, 0.717) is 5.75 Å². The van der Waals surface area contributed by atoms with Crippen molar-refractivity contribution in [2.24, 2.45) is 0 Å². The summed E-state index contributed by atoms with van der Waals surface area (Å²) < 4.78 is 28.2. The van der Waals surface area contributed by atoms with Crippen LogP contribution >= 0.6 is 11.8 Å². The Bertz CT molecular complexity index is 427. The molecule has 1 heterocycles. The van der Waals surface area contributed by atoms with Gasteiger partial charge in [0.05, 0.1) is 5.37 Å². The van der Waals surface area contributed by atoms with Gasteiger partial charge in [0, 0.05) is 5.75 Å². The van der Waals surface area contributed by atoms with Gasteiger partial charge in [-0.2, -0.15) is 8.78 Å². The Morgan fingerprint density at radius 1 is 1.44 bits per heavy atom. The molecule has 0 saturated carbocycles. The molecule has 0 radical (unpaired) electrons. The molecule has 18 heavy (non-hydrogen) atoms. The number of carboxylic acids is 1. The van der Waals surface area contributed by atoms with Gasteiger partial charge in [-0.15, -0.1) is 11.8 Å². The van der Waals surface area contributed by atoms with E-state index in [9.17, 15) is 13.6 Å². The van der Waals surface area contributed by atoms with Crippen molar-refractivity contribution in [1.29, 1.82) is 0 Å². The molecule has 4 nitrogen and oxygen atoms in total. The number of benzene rings is 1. The van der Waals surface area contributed by atoms with Crippen LogP contribution in [0.25, 0.3) is 0 Å². The summed E-state index contributed by atoms with van der Waals surface area (Å²) in [6.07, 6.45) is 0. The highest BCUT2D eigenvalue weighted by Gasteiger charge is 2.30. The van der Waals surface area contributed by atoms with Crippen molar-refractivity contribution in [2.45, 2.75) is 18.0 Å². The van der Waals surface area contributed by atoms with E-state index in [4.69, 9.17) is 5.11 Å². The molecule has 0 bridgehead atoms. The maximum Gasteiger partial charge on any atom is 0.387 e. The number of carboxylic acid groups (broad SMARTS) is 1. The van der Waals surface area contributed by atoms with E-state index in [1.165, 1.54) is 23.9 Å². The van der Waals surface area contributed by atoms with E-state index >= 15 is 0 Å². The Morgan fingerprint density at radius 2 is 2.11 bits per heavy atom. The zero-order valence-electron chi connectivity index (χ0n) is 9.18. The van der Waals surface area contributed by atoms with Crippen molar-refractivity contribution in [3.63, 3.8) is 0 Å². The molecule has 0 spiro atoms. The molecule has 1 aromatic carbocycles. The van der Waals surface area contributed by atoms with Crippen molar-refractivity contribution in [1.82, 2.24) is 5.32 Å². The molecule has 0 unspecified atom stereocenters. The highest BCUT2D eigenvalue weighted by molar-refractivity contribution is 7.99. The molecule has 1 saturated heterocycles. The highest BCUT2D eigenvalue weighted by Crippen LogP contribution is 2.33. The van der Waals surface area contributed by atoms with Crippen molar-refractivity contribution < 1.29 is 23.4 Å². The van der Waals surface area contributed by atoms with Crippen LogP contribution < -0.4 is 10.1 Å². The smallest absolute Gasteiger partial charge is 0.387 e. The SMILES string of the molecule is O=C(O)[C@H]1CS[C@@H](c2ccc(OC(F)F)cc2)N1. The summed E-state index contributed by atoms with van der Waals surface area (Å²) in [5, 5.41) is 11.7. The predicted molar refractivity (Wildman–Crippen MR) is 62.8 cm³/mol. The van der Waals surface area contributed by atoms with Gasteiger partial charge in [-0.1, -0.05) is 12.1 Å². The molecular weight excluding hydrogens is 264 g/mol. The fraction of sp³-hybridized carbons (Fsp3) is 0.364. The molecule has 2 N–H and O–H groups in total. The minimum atomic E-state index is -2.84. The van der Waals surface area contributed by atoms with E-state index in [-0.39, 0.29) is 11.1 Å². The van der Waals surface area contributed by atoms with E-state index in [1.807, 2.05) is 0 Å². The van der Waals surface area contributed by atoms with Gasteiger partial charge in [0.25, 0.3) is 0 Å². The van der Waals surface area contributed by atoms with Crippen LogP contribution in [0.4, 0.5) is 8.78 Å². The Balaban J connectivity index is 2.00. The first-order valence-corrected chi connectivity index (χ1v) is 6.26. The van der Waals surface area contributed by atoms with Gasteiger partial charge in [-0.25, -0.2) is 0 Å². The number of rotatable bonds is 4. The van der Waals surface area contributed by atoms with Gasteiger partial charge >= 0.3 is 12.6 Å². The van der Waals surface area contributed by atoms with Crippen molar-refractivity contribution in [2.75, 3.05) is 5.75 Å². The Labute approximate surface area is 106 Å². The van der Waals surface area contributed by atoms with Crippen molar-refractivity contribution in [3.05, 3.63) is 29.8 Å². The summed E-state index contributed by atoms with van der Waals surface area (Å²) in [7, 11) is 0. The van der Waals surface area contributed by atoms with Crippen LogP contribution in [0.1, 0.15) is 10.9 Å². The van der Waals surface area contributed by atoms with Crippen molar-refractivity contribution >= 4 is 17.7 Å². The van der Waals surface area contributed by atoms with Gasteiger partial charge < -0.3 is 9.84 Å². The molecule has 2 atom stereocenters. The molecule has 0 aromatic heterocycles. The van der Waals surface area contributed by atoms with E-state index in [0.717, 1.165) is 5.56 Å². The lowest BCUT2D eigenvalue weighted by Gasteiger charge is -2.12. The largest absolute Gasteiger partial charge is 0.480 e. The molecule has 1 aliphatic heterocycles. The van der Waals surface area contributed by atoms with Crippen LogP contribution in [0, 0.1) is 0 Å². The summed E-state index contributed by atoms with van der Waals surface area (Å²) in [6.45, 7) is -2.84. The van der Waals surface area contributed by atoms with Crippen LogP contribution in [-0.4, -0.2) is 29.5 Å². The Morgan fingerprint density at radius 3 is 2.61 bits per heavy atom. The molecule has 1 aromatic rings. The number of carbonyl (C=O) groups is 1. The second-order valence-corrected chi connectivity index (χ2v) is 4.86. The molecular formula is C11H11F2NO3S. The monoisotopic (exact) mass is 275 g/mol. The fourth-order valence-corrected chi connectivity index (χ4v) is 2.86. The molecule has 1 fully saturated rings. The number of hydrogen-bond donors (Lipinski definition) is 2. The molecule has 98 valence electrons. The number of halogens is 2. The summed E-state index contributed by atoms with van der Waals surface area (Å²) in [5.74, 6) is -0.316. The number of ether oxygens (including phenoxy) is 1. The average molecular weight is 275 g/mol. The minimum absolute atomic E-state index is 0.0894. The first kappa shape index (κ1) is 13.1. The summed E-state index contributed by atoms with van der Waals surface area (Å²) >= 11 is 1.47. The third-order valence-corrected chi connectivity index (χ3v) is 3.76. The van der Waals surface area contributed by atoms with Crippen LogP contribution in [0.5, 0.6) is 5.75 Å². The zero-order chi connectivity index (χ0) is 13.1. The van der Waals surface area contributed by atoms with Crippen LogP contribution in [0.15, 0.2) is 24.3 Å². The van der Waals surface area contributed by atoms with Crippen LogP contribution in [-0.2, 0) is 4.79 Å². The van der Waals surface area contributed by atoms with E-state index < -0.39 is 18.6 Å². The summed E-state index contributed by atoms with van der Waals surface area (Å²) in [6, 6.07) is 5.60. The molecule has 1 aliphatic rings. The summed E-state index contributed by atoms with van der Waals surface area (Å²) in [4.78, 5) is 10.8. The zero-order valence-corrected chi connectivity index (χ0v) is 9.99. The number of hydrogen-bond acceptors (Lipinski definition) is 4. The van der Waals surface area contributed by atoms with Crippen LogP contribution in [0.2, 0.25) is 0 Å². The second kappa shape index (κ2) is 5.53.